The summed E-state index contributed by atoms with van der Waals surface area (Å²) in [6, 6.07) is 0. The van der Waals surface area contributed by atoms with Gasteiger partial charge in [-0.3, -0.25) is 4.79 Å². The van der Waals surface area contributed by atoms with Crippen molar-refractivity contribution in [1.29, 1.82) is 0 Å². The fourth-order valence-corrected chi connectivity index (χ4v) is 2.98. The predicted octanol–water partition coefficient (Wildman–Crippen LogP) is 1.08. The number of hydrogen-bond acceptors (Lipinski definition) is 3. The molecule has 0 radical (unpaired) electrons. The molecule has 1 heterocycles. The van der Waals surface area contributed by atoms with E-state index in [1.165, 1.54) is 19.3 Å². The Kier molecular flexibility index (Phi) is 4.61. The van der Waals surface area contributed by atoms with Crippen molar-refractivity contribution in [3.05, 3.63) is 0 Å². The quantitative estimate of drug-likeness (QED) is 0.792. The maximum absolute atomic E-state index is 11.7. The van der Waals surface area contributed by atoms with Gasteiger partial charge in [-0.15, -0.1) is 0 Å². The van der Waals surface area contributed by atoms with Crippen LogP contribution in [0.15, 0.2) is 0 Å². The number of halogens is 1. The van der Waals surface area contributed by atoms with E-state index in [1.54, 1.807) is 0 Å². The van der Waals surface area contributed by atoms with Gasteiger partial charge in [0.15, 0.2) is 6.10 Å². The average Bonchev–Trinajstić information content (AvgIpc) is 2.73. The number of carbonyl (C=O) groups excluding carboxylic acids is 1. The van der Waals surface area contributed by atoms with Crippen LogP contribution in [0, 0.1) is 5.92 Å². The van der Waals surface area contributed by atoms with Crippen LogP contribution in [-0.2, 0) is 14.3 Å². The van der Waals surface area contributed by atoms with Gasteiger partial charge in [0.05, 0.1) is 19.8 Å². The third kappa shape index (κ3) is 3.18. The van der Waals surface area contributed by atoms with Crippen molar-refractivity contribution >= 4 is 21.8 Å². The molecule has 2 aliphatic rings. The molecule has 0 bridgehead atoms. The van der Waals surface area contributed by atoms with E-state index in [0.29, 0.717) is 30.6 Å². The molecule has 16 heavy (non-hydrogen) atoms. The molecule has 1 aliphatic carbocycles. The second-order valence-corrected chi connectivity index (χ2v) is 5.56. The van der Waals surface area contributed by atoms with Gasteiger partial charge >= 0.3 is 0 Å². The Hall–Kier alpha value is -0.130. The molecule has 0 spiro atoms. The first-order valence-corrected chi connectivity index (χ1v) is 6.80. The number of carbonyl (C=O) groups is 1. The van der Waals surface area contributed by atoms with Crippen LogP contribution in [-0.4, -0.2) is 43.2 Å². The molecule has 3 atom stereocenters. The van der Waals surface area contributed by atoms with Crippen molar-refractivity contribution in [2.24, 2.45) is 5.92 Å². The van der Waals surface area contributed by atoms with E-state index in [0.717, 1.165) is 6.54 Å². The third-order valence-corrected chi connectivity index (χ3v) is 4.42. The first-order valence-electron chi connectivity index (χ1n) is 5.88. The lowest BCUT2D eigenvalue weighted by Gasteiger charge is -2.23. The molecule has 0 aromatic heterocycles. The lowest BCUT2D eigenvalue weighted by atomic mass is 10.1. The fourth-order valence-electron chi connectivity index (χ4n) is 2.21. The first kappa shape index (κ1) is 12.3. The monoisotopic (exact) mass is 291 g/mol. The molecule has 0 aromatic rings. The van der Waals surface area contributed by atoms with Crippen molar-refractivity contribution in [3.63, 3.8) is 0 Å². The van der Waals surface area contributed by atoms with E-state index >= 15 is 0 Å². The molecule has 1 aliphatic heterocycles. The third-order valence-electron chi connectivity index (χ3n) is 3.21. The predicted molar refractivity (Wildman–Crippen MR) is 63.6 cm³/mol. The van der Waals surface area contributed by atoms with Crippen LogP contribution >= 0.6 is 15.9 Å². The maximum Gasteiger partial charge on any atom is 0.251 e. The lowest BCUT2D eigenvalue weighted by Crippen LogP contribution is -2.44. The Bertz CT molecular complexity index is 243. The summed E-state index contributed by atoms with van der Waals surface area (Å²) in [5.74, 6) is 0.528. The molecule has 1 amide bonds. The first-order chi connectivity index (χ1) is 7.77. The summed E-state index contributed by atoms with van der Waals surface area (Å²) in [4.78, 5) is 12.3. The topological polar surface area (TPSA) is 47.6 Å². The molecular weight excluding hydrogens is 274 g/mol. The average molecular weight is 292 g/mol. The highest BCUT2D eigenvalue weighted by atomic mass is 79.9. The molecule has 3 unspecified atom stereocenters. The summed E-state index contributed by atoms with van der Waals surface area (Å²) in [6.45, 7) is 2.24. The lowest BCUT2D eigenvalue weighted by molar-refractivity contribution is -0.147. The highest BCUT2D eigenvalue weighted by Crippen LogP contribution is 2.30. The van der Waals surface area contributed by atoms with Crippen LogP contribution < -0.4 is 5.32 Å². The highest BCUT2D eigenvalue weighted by molar-refractivity contribution is 9.09. The van der Waals surface area contributed by atoms with Gasteiger partial charge in [-0.2, -0.15) is 0 Å². The van der Waals surface area contributed by atoms with E-state index in [-0.39, 0.29) is 5.91 Å². The molecule has 0 aromatic carbocycles. The van der Waals surface area contributed by atoms with Gasteiger partial charge in [0.25, 0.3) is 5.91 Å². The van der Waals surface area contributed by atoms with Crippen LogP contribution in [0.2, 0.25) is 0 Å². The van der Waals surface area contributed by atoms with Crippen LogP contribution in [0.1, 0.15) is 19.3 Å². The Morgan fingerprint density at radius 1 is 1.38 bits per heavy atom. The van der Waals surface area contributed by atoms with Gasteiger partial charge < -0.3 is 14.8 Å². The van der Waals surface area contributed by atoms with Crippen molar-refractivity contribution in [2.75, 3.05) is 26.4 Å². The smallest absolute Gasteiger partial charge is 0.251 e. The van der Waals surface area contributed by atoms with Crippen molar-refractivity contribution < 1.29 is 14.3 Å². The van der Waals surface area contributed by atoms with Gasteiger partial charge in [0, 0.05) is 11.4 Å². The van der Waals surface area contributed by atoms with E-state index in [2.05, 4.69) is 21.2 Å². The zero-order chi connectivity index (χ0) is 11.4. The van der Waals surface area contributed by atoms with Crippen LogP contribution in [0.5, 0.6) is 0 Å². The van der Waals surface area contributed by atoms with Gasteiger partial charge in [-0.25, -0.2) is 0 Å². The summed E-state index contributed by atoms with van der Waals surface area (Å²) >= 11 is 3.64. The highest BCUT2D eigenvalue weighted by Gasteiger charge is 2.27. The number of nitrogens with one attached hydrogen (secondary N) is 1. The number of rotatable bonds is 3. The van der Waals surface area contributed by atoms with Crippen LogP contribution in [0.3, 0.4) is 0 Å². The Labute approximate surface area is 104 Å². The van der Waals surface area contributed by atoms with E-state index in [1.807, 2.05) is 0 Å². The Morgan fingerprint density at radius 2 is 2.25 bits per heavy atom. The summed E-state index contributed by atoms with van der Waals surface area (Å²) < 4.78 is 10.5. The van der Waals surface area contributed by atoms with Gasteiger partial charge in [0.1, 0.15) is 0 Å². The van der Waals surface area contributed by atoms with Crippen molar-refractivity contribution in [2.45, 2.75) is 30.2 Å². The minimum atomic E-state index is -0.413. The standard InChI is InChI=1S/C11H18BrNO3/c12-9-3-1-2-8(9)6-13-11(14)10-7-15-4-5-16-10/h8-10H,1-7H2,(H,13,14). The van der Waals surface area contributed by atoms with E-state index in [4.69, 9.17) is 9.47 Å². The zero-order valence-corrected chi connectivity index (χ0v) is 10.9. The largest absolute Gasteiger partial charge is 0.376 e. The molecule has 4 nitrogen and oxygen atoms in total. The molecule has 1 saturated carbocycles. The summed E-state index contributed by atoms with van der Waals surface area (Å²) in [7, 11) is 0. The summed E-state index contributed by atoms with van der Waals surface area (Å²) in [6.07, 6.45) is 3.24. The second kappa shape index (κ2) is 5.98. The van der Waals surface area contributed by atoms with Gasteiger partial charge in [0.2, 0.25) is 0 Å². The summed E-state index contributed by atoms with van der Waals surface area (Å²) in [5.41, 5.74) is 0. The maximum atomic E-state index is 11.7. The SMILES string of the molecule is O=C(NCC1CCCC1Br)C1COCCO1. The minimum absolute atomic E-state index is 0.0358. The minimum Gasteiger partial charge on any atom is -0.376 e. The number of hydrogen-bond donors (Lipinski definition) is 1. The number of alkyl halides is 1. The Balaban J connectivity index is 1.70. The molecule has 1 N–H and O–H groups in total. The van der Waals surface area contributed by atoms with E-state index in [9.17, 15) is 4.79 Å². The Morgan fingerprint density at radius 3 is 2.88 bits per heavy atom. The normalized spacial score (nSPS) is 34.9. The second-order valence-electron chi connectivity index (χ2n) is 4.39. The zero-order valence-electron chi connectivity index (χ0n) is 9.28. The van der Waals surface area contributed by atoms with E-state index < -0.39 is 6.10 Å². The molecule has 92 valence electrons. The molecule has 2 fully saturated rings. The van der Waals surface area contributed by atoms with Gasteiger partial charge in [-0.1, -0.05) is 22.4 Å². The number of amides is 1. The van der Waals surface area contributed by atoms with Crippen molar-refractivity contribution in [3.8, 4) is 0 Å². The number of ether oxygens (including phenoxy) is 2. The molecule has 5 heteroatoms. The summed E-state index contributed by atoms with van der Waals surface area (Å²) in [5, 5.41) is 2.95. The molecule has 1 saturated heterocycles. The molecular formula is C11H18BrNO3. The van der Waals surface area contributed by atoms with Gasteiger partial charge in [-0.05, 0) is 18.8 Å². The van der Waals surface area contributed by atoms with Crippen LogP contribution in [0.4, 0.5) is 0 Å². The fraction of sp³-hybridized carbons (Fsp3) is 0.909. The van der Waals surface area contributed by atoms with Crippen molar-refractivity contribution in [1.82, 2.24) is 5.32 Å². The van der Waals surface area contributed by atoms with Crippen LogP contribution in [0.25, 0.3) is 0 Å². The molecule has 2 rings (SSSR count).